The Morgan fingerprint density at radius 1 is 0.625 bits per heavy atom. The molecule has 0 radical (unpaired) electrons. The highest BCUT2D eigenvalue weighted by molar-refractivity contribution is 5.45. The Morgan fingerprint density at radius 3 is 1.84 bits per heavy atom. The highest BCUT2D eigenvalue weighted by atomic mass is 16.5. The zero-order chi connectivity index (χ0) is 21.9. The van der Waals surface area contributed by atoms with E-state index in [9.17, 15) is 0 Å². The van der Waals surface area contributed by atoms with Gasteiger partial charge in [-0.05, 0) is 17.2 Å². The standard InChI is InChI=1S/C26H24N4O2/c1-31-21-16-27-15-20(29-21)25-22(17-9-5-3-6-10-17)24(19-13-14-28-26(30-19)32-2)23(25)18-11-7-4-8-12-18/h3-16,22-25H,1-2H3/t22-,23-,24?,25?/m0/s1. The van der Waals surface area contributed by atoms with Crippen molar-refractivity contribution in [2.75, 3.05) is 14.2 Å². The summed E-state index contributed by atoms with van der Waals surface area (Å²) in [4.78, 5) is 18.1. The SMILES string of the molecule is COc1cncc(C2[C@@H](c3ccccc3)C(c3ccnc(OC)n3)[C@@H]2c2ccccc2)n1. The predicted octanol–water partition coefficient (Wildman–Crippen LogP) is 4.73. The second-order valence-corrected chi connectivity index (χ2v) is 7.88. The van der Waals surface area contributed by atoms with Gasteiger partial charge in [0.2, 0.25) is 5.88 Å². The molecule has 6 nitrogen and oxygen atoms in total. The van der Waals surface area contributed by atoms with Gasteiger partial charge in [-0.15, -0.1) is 0 Å². The Labute approximate surface area is 187 Å². The van der Waals surface area contributed by atoms with Crippen LogP contribution < -0.4 is 9.47 Å². The van der Waals surface area contributed by atoms with Gasteiger partial charge in [0.25, 0.3) is 0 Å². The zero-order valence-corrected chi connectivity index (χ0v) is 18.0. The highest BCUT2D eigenvalue weighted by Crippen LogP contribution is 2.65. The Hall–Kier alpha value is -3.80. The van der Waals surface area contributed by atoms with Crippen molar-refractivity contribution in [3.8, 4) is 11.9 Å². The van der Waals surface area contributed by atoms with Crippen LogP contribution >= 0.6 is 0 Å². The second kappa shape index (κ2) is 8.75. The average Bonchev–Trinajstić information content (AvgIpc) is 2.85. The predicted molar refractivity (Wildman–Crippen MR) is 121 cm³/mol. The largest absolute Gasteiger partial charge is 0.480 e. The van der Waals surface area contributed by atoms with Crippen LogP contribution in [0, 0.1) is 0 Å². The number of aromatic nitrogens is 4. The molecule has 4 aromatic rings. The van der Waals surface area contributed by atoms with Crippen LogP contribution in [0.15, 0.2) is 85.3 Å². The Balaban J connectivity index is 1.68. The number of nitrogens with zero attached hydrogens (tertiary/aromatic N) is 4. The molecule has 0 amide bonds. The van der Waals surface area contributed by atoms with E-state index in [1.165, 1.54) is 11.1 Å². The van der Waals surface area contributed by atoms with Crippen molar-refractivity contribution < 1.29 is 9.47 Å². The summed E-state index contributed by atoms with van der Waals surface area (Å²) in [6, 6.07) is 23.5. The van der Waals surface area contributed by atoms with E-state index in [-0.39, 0.29) is 23.7 Å². The van der Waals surface area contributed by atoms with Gasteiger partial charge in [-0.1, -0.05) is 60.7 Å². The molecule has 0 N–H and O–H groups in total. The molecule has 5 rings (SSSR count). The maximum atomic E-state index is 5.39. The summed E-state index contributed by atoms with van der Waals surface area (Å²) in [5.41, 5.74) is 4.38. The normalized spacial score (nSPS) is 22.1. The van der Waals surface area contributed by atoms with Crippen LogP contribution in [0.2, 0.25) is 0 Å². The van der Waals surface area contributed by atoms with Crippen molar-refractivity contribution in [2.24, 2.45) is 0 Å². The van der Waals surface area contributed by atoms with Crippen LogP contribution in [-0.2, 0) is 0 Å². The third kappa shape index (κ3) is 3.58. The molecular formula is C26H24N4O2. The lowest BCUT2D eigenvalue weighted by atomic mass is 9.50. The van der Waals surface area contributed by atoms with E-state index in [0.29, 0.717) is 11.9 Å². The summed E-state index contributed by atoms with van der Waals surface area (Å²) in [6.07, 6.45) is 5.27. The molecular weight excluding hydrogens is 400 g/mol. The van der Waals surface area contributed by atoms with Crippen LogP contribution in [0.5, 0.6) is 11.9 Å². The molecule has 1 aliphatic carbocycles. The number of hydrogen-bond donors (Lipinski definition) is 0. The number of ether oxygens (including phenoxy) is 2. The molecule has 1 saturated carbocycles. The third-order valence-electron chi connectivity index (χ3n) is 6.28. The minimum Gasteiger partial charge on any atom is -0.480 e. The molecule has 0 bridgehead atoms. The number of methoxy groups -OCH3 is 2. The van der Waals surface area contributed by atoms with Gasteiger partial charge in [0.1, 0.15) is 0 Å². The number of benzene rings is 2. The lowest BCUT2D eigenvalue weighted by Crippen LogP contribution is -2.41. The van der Waals surface area contributed by atoms with Gasteiger partial charge in [0.05, 0.1) is 31.8 Å². The van der Waals surface area contributed by atoms with E-state index in [2.05, 4.69) is 58.5 Å². The van der Waals surface area contributed by atoms with Crippen LogP contribution in [-0.4, -0.2) is 34.2 Å². The van der Waals surface area contributed by atoms with Crippen molar-refractivity contribution in [2.45, 2.75) is 23.7 Å². The fourth-order valence-corrected chi connectivity index (χ4v) is 4.92. The first kappa shape index (κ1) is 20.1. The van der Waals surface area contributed by atoms with Gasteiger partial charge < -0.3 is 9.47 Å². The van der Waals surface area contributed by atoms with Crippen LogP contribution in [0.4, 0.5) is 0 Å². The molecule has 2 aromatic heterocycles. The summed E-state index contributed by atoms with van der Waals surface area (Å²) >= 11 is 0. The van der Waals surface area contributed by atoms with Gasteiger partial charge in [0, 0.05) is 36.1 Å². The van der Waals surface area contributed by atoms with E-state index in [4.69, 9.17) is 19.4 Å². The molecule has 0 aliphatic heterocycles. The zero-order valence-electron chi connectivity index (χ0n) is 18.0. The fraction of sp³-hybridized carbons (Fsp3) is 0.231. The molecule has 1 aliphatic rings. The molecule has 2 atom stereocenters. The average molecular weight is 425 g/mol. The first-order valence-corrected chi connectivity index (χ1v) is 10.6. The lowest BCUT2D eigenvalue weighted by Gasteiger charge is -2.52. The minimum atomic E-state index is 0.119. The second-order valence-electron chi connectivity index (χ2n) is 7.88. The lowest BCUT2D eigenvalue weighted by molar-refractivity contribution is 0.216. The van der Waals surface area contributed by atoms with Crippen LogP contribution in [0.25, 0.3) is 0 Å². The summed E-state index contributed by atoms with van der Waals surface area (Å²) in [5.74, 6) is 1.11. The van der Waals surface area contributed by atoms with E-state index in [0.717, 1.165) is 11.4 Å². The summed E-state index contributed by atoms with van der Waals surface area (Å²) < 4.78 is 10.7. The van der Waals surface area contributed by atoms with E-state index >= 15 is 0 Å². The quantitative estimate of drug-likeness (QED) is 0.446. The monoisotopic (exact) mass is 424 g/mol. The Kier molecular flexibility index (Phi) is 5.50. The van der Waals surface area contributed by atoms with Gasteiger partial charge in [0.15, 0.2) is 0 Å². The van der Waals surface area contributed by atoms with Crippen molar-refractivity contribution in [1.29, 1.82) is 0 Å². The van der Waals surface area contributed by atoms with Crippen molar-refractivity contribution in [3.05, 3.63) is 108 Å². The maximum Gasteiger partial charge on any atom is 0.316 e. The number of hydrogen-bond acceptors (Lipinski definition) is 6. The molecule has 2 aromatic carbocycles. The third-order valence-corrected chi connectivity index (χ3v) is 6.28. The number of rotatable bonds is 6. The van der Waals surface area contributed by atoms with Gasteiger partial charge in [-0.2, -0.15) is 4.98 Å². The molecule has 160 valence electrons. The smallest absolute Gasteiger partial charge is 0.316 e. The summed E-state index contributed by atoms with van der Waals surface area (Å²) in [6.45, 7) is 0. The minimum absolute atomic E-state index is 0.119. The first-order valence-electron chi connectivity index (χ1n) is 10.6. The Bertz CT molecular complexity index is 1080. The fourth-order valence-electron chi connectivity index (χ4n) is 4.92. The molecule has 0 unspecified atom stereocenters. The molecule has 6 heteroatoms. The van der Waals surface area contributed by atoms with E-state index < -0.39 is 0 Å². The Morgan fingerprint density at radius 2 is 1.25 bits per heavy atom. The van der Waals surface area contributed by atoms with Gasteiger partial charge in [-0.3, -0.25) is 4.98 Å². The van der Waals surface area contributed by atoms with E-state index in [1.54, 1.807) is 26.6 Å². The molecule has 32 heavy (non-hydrogen) atoms. The van der Waals surface area contributed by atoms with Crippen molar-refractivity contribution >= 4 is 0 Å². The topological polar surface area (TPSA) is 70.0 Å². The van der Waals surface area contributed by atoms with Crippen molar-refractivity contribution in [3.63, 3.8) is 0 Å². The van der Waals surface area contributed by atoms with E-state index in [1.807, 2.05) is 24.4 Å². The van der Waals surface area contributed by atoms with Crippen LogP contribution in [0.3, 0.4) is 0 Å². The first-order chi connectivity index (χ1) is 15.8. The summed E-state index contributed by atoms with van der Waals surface area (Å²) in [5, 5.41) is 0. The summed E-state index contributed by atoms with van der Waals surface area (Å²) in [7, 11) is 3.21. The maximum absolute atomic E-state index is 5.39. The van der Waals surface area contributed by atoms with Crippen molar-refractivity contribution in [1.82, 2.24) is 19.9 Å². The highest BCUT2D eigenvalue weighted by Gasteiger charge is 2.54. The van der Waals surface area contributed by atoms with Crippen LogP contribution in [0.1, 0.15) is 46.2 Å². The molecule has 1 fully saturated rings. The molecule has 0 saturated heterocycles. The van der Waals surface area contributed by atoms with Gasteiger partial charge >= 0.3 is 6.01 Å². The molecule has 2 heterocycles. The molecule has 0 spiro atoms. The van der Waals surface area contributed by atoms with Gasteiger partial charge in [-0.25, -0.2) is 9.97 Å².